The highest BCUT2D eigenvalue weighted by molar-refractivity contribution is 6.30. The molecule has 2 aromatic rings. The molecule has 1 saturated heterocycles. The van der Waals surface area contributed by atoms with E-state index in [4.69, 9.17) is 20.9 Å². The fourth-order valence-electron chi connectivity index (χ4n) is 5.51. The van der Waals surface area contributed by atoms with Crippen molar-refractivity contribution in [3.05, 3.63) is 57.6 Å². The van der Waals surface area contributed by atoms with Crippen molar-refractivity contribution < 1.29 is 39.2 Å². The molecule has 0 spiro atoms. The van der Waals surface area contributed by atoms with E-state index in [0.717, 1.165) is 0 Å². The van der Waals surface area contributed by atoms with Crippen LogP contribution in [0.25, 0.3) is 0 Å². The number of ether oxygens (including phenoxy) is 2. The number of Topliss-reactive ketones (excluding diaryl/α,β-unsaturated/α-hetero) is 1. The smallest absolute Gasteiger partial charge is 0.198 e. The van der Waals surface area contributed by atoms with Crippen molar-refractivity contribution in [3.8, 4) is 11.5 Å². The summed E-state index contributed by atoms with van der Waals surface area (Å²) in [4.78, 5) is 39.2. The lowest BCUT2D eigenvalue weighted by Crippen LogP contribution is -2.53. The van der Waals surface area contributed by atoms with Crippen molar-refractivity contribution in [1.82, 2.24) is 0 Å². The summed E-state index contributed by atoms with van der Waals surface area (Å²) in [6.07, 6.45) is -2.04. The quantitative estimate of drug-likeness (QED) is 0.327. The van der Waals surface area contributed by atoms with Gasteiger partial charge in [-0.2, -0.15) is 0 Å². The number of ketones is 3. The number of rotatable bonds is 4. The van der Waals surface area contributed by atoms with Gasteiger partial charge in [0.05, 0.1) is 35.5 Å². The third-order valence-corrected chi connectivity index (χ3v) is 7.45. The molecular formula is C26H28N2O8. The summed E-state index contributed by atoms with van der Waals surface area (Å²) in [7, 11) is 0. The van der Waals surface area contributed by atoms with Crippen molar-refractivity contribution in [3.63, 3.8) is 0 Å². The summed E-state index contributed by atoms with van der Waals surface area (Å²) in [5.41, 5.74) is 10.8. The molecule has 10 heteroatoms. The summed E-state index contributed by atoms with van der Waals surface area (Å²) < 4.78 is 11.9. The van der Waals surface area contributed by atoms with E-state index in [0.29, 0.717) is 6.42 Å². The number of carbonyl (C=O) groups excluding carboxylic acids is 3. The number of hydrogen-bond acceptors (Lipinski definition) is 10. The second kappa shape index (κ2) is 8.75. The zero-order valence-electron chi connectivity index (χ0n) is 19.7. The third kappa shape index (κ3) is 3.73. The van der Waals surface area contributed by atoms with E-state index in [1.807, 2.05) is 0 Å². The number of benzene rings is 2. The van der Waals surface area contributed by atoms with Gasteiger partial charge in [0, 0.05) is 47.6 Å². The second-order valence-corrected chi connectivity index (χ2v) is 9.86. The fraction of sp³-hybridized carbons (Fsp3) is 0.423. The highest BCUT2D eigenvalue weighted by Gasteiger charge is 2.48. The Bertz CT molecular complexity index is 1290. The second-order valence-electron chi connectivity index (χ2n) is 9.86. The Balaban J connectivity index is 1.66. The van der Waals surface area contributed by atoms with Crippen LogP contribution in [0.5, 0.6) is 11.5 Å². The minimum absolute atomic E-state index is 0.0690. The number of carbonyl (C=O) groups is 3. The number of nitrogens with two attached hydrogens (primary N) is 2. The predicted molar refractivity (Wildman–Crippen MR) is 126 cm³/mol. The number of aliphatic hydroxyl groups excluding tert-OH is 1. The van der Waals surface area contributed by atoms with E-state index in [-0.39, 0.29) is 71.1 Å². The molecule has 36 heavy (non-hydrogen) atoms. The molecule has 5 atom stereocenters. The first kappa shape index (κ1) is 24.5. The van der Waals surface area contributed by atoms with E-state index in [9.17, 15) is 29.7 Å². The normalized spacial score (nSPS) is 29.3. The average molecular weight is 497 g/mol. The van der Waals surface area contributed by atoms with Crippen molar-refractivity contribution in [2.75, 3.05) is 6.61 Å². The van der Waals surface area contributed by atoms with Crippen molar-refractivity contribution >= 4 is 17.3 Å². The van der Waals surface area contributed by atoms with Gasteiger partial charge >= 0.3 is 0 Å². The number of phenolic OH excluding ortho intramolecular Hbond substituents is 2. The maximum Gasteiger partial charge on any atom is 0.198 e. The Labute approximate surface area is 206 Å². The maximum absolute atomic E-state index is 13.4. The van der Waals surface area contributed by atoms with E-state index < -0.39 is 47.1 Å². The van der Waals surface area contributed by atoms with Crippen LogP contribution < -0.4 is 11.5 Å². The molecule has 10 nitrogen and oxygen atoms in total. The van der Waals surface area contributed by atoms with Gasteiger partial charge in [-0.3, -0.25) is 14.4 Å². The van der Waals surface area contributed by atoms with Gasteiger partial charge in [0.15, 0.2) is 17.9 Å². The first-order valence-electron chi connectivity index (χ1n) is 11.8. The number of aromatic hydroxyl groups is 2. The van der Waals surface area contributed by atoms with Crippen LogP contribution in [0.15, 0.2) is 24.3 Å². The molecule has 1 heterocycles. The van der Waals surface area contributed by atoms with E-state index in [1.54, 1.807) is 12.1 Å². The largest absolute Gasteiger partial charge is 0.507 e. The first-order valence-corrected chi connectivity index (χ1v) is 11.8. The Morgan fingerprint density at radius 3 is 2.31 bits per heavy atom. The molecule has 3 aliphatic rings. The molecule has 7 N–H and O–H groups in total. The van der Waals surface area contributed by atoms with Crippen LogP contribution in [0.3, 0.4) is 0 Å². The number of hydrogen-bond donors (Lipinski definition) is 5. The monoisotopic (exact) mass is 496 g/mol. The SMILES string of the molecule is CC(=O)[C@]1(N)Cc2c(O)c3c(c(O)c2[C@@H](O[C@H]2C[C@H](N)C[C@@H](CO)O2)C1)C(=O)c1ccccc1C3=O. The topological polar surface area (TPSA) is 182 Å². The molecule has 0 radical (unpaired) electrons. The Morgan fingerprint density at radius 1 is 1.11 bits per heavy atom. The number of phenols is 2. The van der Waals surface area contributed by atoms with Crippen molar-refractivity contribution in [2.45, 2.75) is 62.7 Å². The Hall–Kier alpha value is -3.15. The van der Waals surface area contributed by atoms with Crippen molar-refractivity contribution in [1.29, 1.82) is 0 Å². The minimum Gasteiger partial charge on any atom is -0.507 e. The molecule has 5 rings (SSSR count). The van der Waals surface area contributed by atoms with Crippen molar-refractivity contribution in [2.24, 2.45) is 11.5 Å². The zero-order valence-corrected chi connectivity index (χ0v) is 19.7. The highest BCUT2D eigenvalue weighted by Crippen LogP contribution is 2.51. The molecule has 0 saturated carbocycles. The van der Waals surface area contributed by atoms with Gasteiger partial charge in [-0.25, -0.2) is 0 Å². The molecule has 1 aliphatic heterocycles. The van der Waals surface area contributed by atoms with Crippen LogP contribution in [-0.4, -0.2) is 63.3 Å². The average Bonchev–Trinajstić information content (AvgIpc) is 2.84. The number of fused-ring (bicyclic) bond motifs is 3. The summed E-state index contributed by atoms with van der Waals surface area (Å²) in [5.74, 6) is -2.61. The molecule has 2 aromatic carbocycles. The van der Waals surface area contributed by atoms with Gasteiger partial charge in [-0.1, -0.05) is 24.3 Å². The summed E-state index contributed by atoms with van der Waals surface area (Å²) in [5, 5.41) is 32.2. The van der Waals surface area contributed by atoms with E-state index >= 15 is 0 Å². The van der Waals surface area contributed by atoms with Crippen LogP contribution in [0.1, 0.15) is 75.3 Å². The zero-order chi connectivity index (χ0) is 25.9. The van der Waals surface area contributed by atoms with Gasteiger partial charge in [-0.15, -0.1) is 0 Å². The summed E-state index contributed by atoms with van der Waals surface area (Å²) >= 11 is 0. The maximum atomic E-state index is 13.4. The third-order valence-electron chi connectivity index (χ3n) is 7.45. The lowest BCUT2D eigenvalue weighted by molar-refractivity contribution is -0.229. The lowest BCUT2D eigenvalue weighted by Gasteiger charge is -2.41. The highest BCUT2D eigenvalue weighted by atomic mass is 16.7. The van der Waals surface area contributed by atoms with Gasteiger partial charge in [0.2, 0.25) is 0 Å². The minimum atomic E-state index is -1.47. The van der Waals surface area contributed by atoms with Gasteiger partial charge < -0.3 is 36.3 Å². The summed E-state index contributed by atoms with van der Waals surface area (Å²) in [6.45, 7) is 1.05. The van der Waals surface area contributed by atoms with Crippen LogP contribution in [0, 0.1) is 0 Å². The lowest BCUT2D eigenvalue weighted by atomic mass is 9.71. The first-order chi connectivity index (χ1) is 17.1. The van der Waals surface area contributed by atoms with Crippen LogP contribution in [-0.2, 0) is 20.7 Å². The molecule has 2 aliphatic carbocycles. The van der Waals surface area contributed by atoms with Crippen LogP contribution in [0.2, 0.25) is 0 Å². The molecule has 0 aromatic heterocycles. The Morgan fingerprint density at radius 2 is 1.72 bits per heavy atom. The fourth-order valence-corrected chi connectivity index (χ4v) is 5.51. The molecule has 190 valence electrons. The van der Waals surface area contributed by atoms with E-state index in [2.05, 4.69) is 0 Å². The molecule has 0 bridgehead atoms. The van der Waals surface area contributed by atoms with Gasteiger partial charge in [0.1, 0.15) is 17.3 Å². The van der Waals surface area contributed by atoms with Gasteiger partial charge in [0.25, 0.3) is 0 Å². The molecule has 0 unspecified atom stereocenters. The molecule has 1 fully saturated rings. The van der Waals surface area contributed by atoms with E-state index in [1.165, 1.54) is 19.1 Å². The number of aliphatic hydroxyl groups is 1. The van der Waals surface area contributed by atoms with Gasteiger partial charge in [-0.05, 0) is 13.3 Å². The van der Waals surface area contributed by atoms with Crippen LogP contribution >= 0.6 is 0 Å². The predicted octanol–water partition coefficient (Wildman–Crippen LogP) is 0.988. The van der Waals surface area contributed by atoms with Crippen LogP contribution in [0.4, 0.5) is 0 Å². The Kier molecular flexibility index (Phi) is 5.97. The molecular weight excluding hydrogens is 468 g/mol. The molecule has 0 amide bonds. The summed E-state index contributed by atoms with van der Waals surface area (Å²) in [6, 6.07) is 5.84. The standard InChI is InChI=1S/C26H28N2O8/c1-11(30)26(28)8-16-19(17(9-26)36-18-7-12(27)6-13(10-29)35-18)25(34)21-20(24(16)33)22(31)14-4-2-3-5-15(14)23(21)32/h2-5,12-13,17-18,29,33-34H,6-10,27-28H2,1H3/t12-,13+,17+,18+,26+/m1/s1.